The van der Waals surface area contributed by atoms with Gasteiger partial charge in [-0.3, -0.25) is 4.57 Å². The zero-order valence-corrected chi connectivity index (χ0v) is 18.2. The number of imidazole rings is 1. The molecule has 34 heavy (non-hydrogen) atoms. The SMILES string of the molecule is COC(=O)c1cccnc1NCc1cn(Cc2nc3c(F)cccc3n2-c2ccccc2)nn1. The number of methoxy groups -OCH3 is 1. The number of hydrogen-bond donors (Lipinski definition) is 1. The Balaban J connectivity index is 1.40. The number of para-hydroxylation sites is 2. The highest BCUT2D eigenvalue weighted by Crippen LogP contribution is 2.24. The summed E-state index contributed by atoms with van der Waals surface area (Å²) < 4.78 is 22.8. The van der Waals surface area contributed by atoms with Gasteiger partial charge in [0.05, 0.1) is 25.4 Å². The van der Waals surface area contributed by atoms with Gasteiger partial charge in [-0.2, -0.15) is 0 Å². The number of nitrogens with one attached hydrogen (secondary N) is 1. The van der Waals surface area contributed by atoms with E-state index >= 15 is 0 Å². The van der Waals surface area contributed by atoms with Crippen molar-refractivity contribution in [3.05, 3.63) is 96.0 Å². The number of benzene rings is 2. The summed E-state index contributed by atoms with van der Waals surface area (Å²) in [6.07, 6.45) is 3.34. The summed E-state index contributed by atoms with van der Waals surface area (Å²) in [4.78, 5) is 20.7. The topological polar surface area (TPSA) is 99.8 Å². The smallest absolute Gasteiger partial charge is 0.341 e. The first kappa shape index (κ1) is 21.3. The van der Waals surface area contributed by atoms with Crippen LogP contribution in [-0.4, -0.2) is 42.6 Å². The number of halogens is 1. The first-order valence-corrected chi connectivity index (χ1v) is 10.5. The van der Waals surface area contributed by atoms with Gasteiger partial charge in [-0.1, -0.05) is 29.5 Å². The van der Waals surface area contributed by atoms with Crippen molar-refractivity contribution in [3.8, 4) is 5.69 Å². The number of carbonyl (C=O) groups excluding carboxylic acids is 1. The van der Waals surface area contributed by atoms with Crippen LogP contribution in [0.5, 0.6) is 0 Å². The highest BCUT2D eigenvalue weighted by atomic mass is 19.1. The number of ether oxygens (including phenoxy) is 1. The first-order valence-electron chi connectivity index (χ1n) is 10.5. The van der Waals surface area contributed by atoms with Gasteiger partial charge in [-0.05, 0) is 36.4 Å². The second-order valence-corrected chi connectivity index (χ2v) is 7.46. The maximum atomic E-state index is 14.5. The fourth-order valence-corrected chi connectivity index (χ4v) is 3.72. The monoisotopic (exact) mass is 457 g/mol. The predicted octanol–water partition coefficient (Wildman–Crippen LogP) is 3.60. The lowest BCUT2D eigenvalue weighted by molar-refractivity contribution is 0.0601. The number of hydrogen-bond acceptors (Lipinski definition) is 7. The number of pyridine rings is 1. The van der Waals surface area contributed by atoms with E-state index < -0.39 is 5.97 Å². The molecule has 0 atom stereocenters. The number of rotatable bonds is 7. The number of esters is 1. The first-order chi connectivity index (χ1) is 16.6. The highest BCUT2D eigenvalue weighted by Gasteiger charge is 2.17. The molecule has 5 rings (SSSR count). The third-order valence-corrected chi connectivity index (χ3v) is 5.26. The van der Waals surface area contributed by atoms with E-state index in [1.54, 1.807) is 35.3 Å². The Kier molecular flexibility index (Phi) is 5.69. The van der Waals surface area contributed by atoms with E-state index in [2.05, 4.69) is 25.6 Å². The molecule has 0 aliphatic heterocycles. The summed E-state index contributed by atoms with van der Waals surface area (Å²) in [5.74, 6) is 0.152. The van der Waals surface area contributed by atoms with Crippen LogP contribution in [0, 0.1) is 5.82 Å². The van der Waals surface area contributed by atoms with Crippen LogP contribution in [0.25, 0.3) is 16.7 Å². The van der Waals surface area contributed by atoms with Gasteiger partial charge in [-0.15, -0.1) is 5.10 Å². The van der Waals surface area contributed by atoms with Crippen molar-refractivity contribution in [1.29, 1.82) is 0 Å². The zero-order valence-electron chi connectivity index (χ0n) is 18.2. The van der Waals surface area contributed by atoms with E-state index in [-0.39, 0.29) is 12.4 Å². The molecule has 3 aromatic heterocycles. The lowest BCUT2D eigenvalue weighted by Crippen LogP contribution is -2.10. The standard InChI is InChI=1S/C24H20FN7O2/c1-34-24(33)18-9-6-12-26-23(18)27-13-16-14-31(30-29-16)15-21-28-22-19(25)10-5-11-20(22)32(21)17-7-3-2-4-8-17/h2-12,14H,13,15H2,1H3,(H,26,27). The molecule has 0 saturated carbocycles. The molecule has 1 N–H and O–H groups in total. The highest BCUT2D eigenvalue weighted by molar-refractivity contribution is 5.94. The Labute approximate surface area is 193 Å². The Bertz CT molecular complexity index is 1460. The van der Waals surface area contributed by atoms with Crippen molar-refractivity contribution >= 4 is 22.8 Å². The maximum Gasteiger partial charge on any atom is 0.341 e. The number of nitrogens with zero attached hydrogens (tertiary/aromatic N) is 6. The van der Waals surface area contributed by atoms with Crippen molar-refractivity contribution in [3.63, 3.8) is 0 Å². The van der Waals surface area contributed by atoms with Crippen LogP contribution < -0.4 is 5.32 Å². The molecule has 0 aliphatic carbocycles. The Morgan fingerprint density at radius 2 is 1.94 bits per heavy atom. The van der Waals surface area contributed by atoms with Crippen molar-refractivity contribution in [2.45, 2.75) is 13.1 Å². The average Bonchev–Trinajstić information content (AvgIpc) is 3.48. The third kappa shape index (κ3) is 4.08. The van der Waals surface area contributed by atoms with E-state index in [4.69, 9.17) is 4.74 Å². The molecule has 3 heterocycles. The van der Waals surface area contributed by atoms with E-state index in [0.29, 0.717) is 40.5 Å². The van der Waals surface area contributed by atoms with E-state index in [1.807, 2.05) is 41.0 Å². The van der Waals surface area contributed by atoms with E-state index in [1.165, 1.54) is 13.2 Å². The second-order valence-electron chi connectivity index (χ2n) is 7.46. The van der Waals surface area contributed by atoms with Crippen LogP contribution in [0.1, 0.15) is 21.9 Å². The molecule has 5 aromatic rings. The number of carbonyl (C=O) groups is 1. The van der Waals surface area contributed by atoms with Gasteiger partial charge in [0.2, 0.25) is 0 Å². The van der Waals surface area contributed by atoms with E-state index in [9.17, 15) is 9.18 Å². The lowest BCUT2D eigenvalue weighted by Gasteiger charge is -2.09. The molecule has 0 radical (unpaired) electrons. The normalized spacial score (nSPS) is 11.0. The molecule has 2 aromatic carbocycles. The largest absolute Gasteiger partial charge is 0.465 e. The molecule has 0 fully saturated rings. The summed E-state index contributed by atoms with van der Waals surface area (Å²) in [5.41, 5.74) is 2.81. The molecule has 170 valence electrons. The zero-order chi connectivity index (χ0) is 23.5. The van der Waals surface area contributed by atoms with Crippen molar-refractivity contribution < 1.29 is 13.9 Å². The molecule has 0 spiro atoms. The van der Waals surface area contributed by atoms with Crippen molar-refractivity contribution in [2.75, 3.05) is 12.4 Å². The van der Waals surface area contributed by atoms with Gasteiger partial charge >= 0.3 is 5.97 Å². The molecule has 0 bridgehead atoms. The lowest BCUT2D eigenvalue weighted by atomic mass is 10.2. The van der Waals surface area contributed by atoms with Gasteiger partial charge < -0.3 is 10.1 Å². The summed E-state index contributed by atoms with van der Waals surface area (Å²) in [7, 11) is 1.32. The summed E-state index contributed by atoms with van der Waals surface area (Å²) in [5, 5.41) is 11.5. The minimum Gasteiger partial charge on any atom is -0.465 e. The van der Waals surface area contributed by atoms with Crippen LogP contribution in [0.2, 0.25) is 0 Å². The van der Waals surface area contributed by atoms with Crippen LogP contribution in [0.4, 0.5) is 10.2 Å². The fourth-order valence-electron chi connectivity index (χ4n) is 3.72. The molecule has 0 amide bonds. The van der Waals surface area contributed by atoms with Crippen LogP contribution >= 0.6 is 0 Å². The maximum absolute atomic E-state index is 14.5. The second kappa shape index (κ2) is 9.10. The van der Waals surface area contributed by atoms with Crippen molar-refractivity contribution in [1.82, 2.24) is 29.5 Å². The van der Waals surface area contributed by atoms with Gasteiger partial charge in [-0.25, -0.2) is 23.8 Å². The van der Waals surface area contributed by atoms with Crippen LogP contribution in [0.3, 0.4) is 0 Å². The van der Waals surface area contributed by atoms with E-state index in [0.717, 1.165) is 5.69 Å². The molecular formula is C24H20FN7O2. The number of anilines is 1. The third-order valence-electron chi connectivity index (χ3n) is 5.26. The van der Waals surface area contributed by atoms with Gasteiger partial charge in [0, 0.05) is 11.9 Å². The summed E-state index contributed by atoms with van der Waals surface area (Å²) in [6, 6.07) is 17.8. The number of fused-ring (bicyclic) bond motifs is 1. The number of aromatic nitrogens is 6. The Morgan fingerprint density at radius 1 is 1.09 bits per heavy atom. The minimum absolute atomic E-state index is 0.285. The van der Waals surface area contributed by atoms with Crippen molar-refractivity contribution in [2.24, 2.45) is 0 Å². The quantitative estimate of drug-likeness (QED) is 0.373. The molecule has 0 unspecified atom stereocenters. The van der Waals surface area contributed by atoms with Crippen LogP contribution in [-0.2, 0) is 17.8 Å². The molecule has 9 nitrogen and oxygen atoms in total. The van der Waals surface area contributed by atoms with Gasteiger partial charge in [0.1, 0.15) is 35.0 Å². The molecular weight excluding hydrogens is 437 g/mol. The molecule has 0 saturated heterocycles. The summed E-state index contributed by atoms with van der Waals surface area (Å²) >= 11 is 0. The summed E-state index contributed by atoms with van der Waals surface area (Å²) in [6.45, 7) is 0.581. The van der Waals surface area contributed by atoms with Gasteiger partial charge in [0.25, 0.3) is 0 Å². The average molecular weight is 457 g/mol. The Hall–Kier alpha value is -4.60. The minimum atomic E-state index is -0.480. The molecule has 0 aliphatic rings. The Morgan fingerprint density at radius 3 is 2.76 bits per heavy atom. The van der Waals surface area contributed by atoms with Crippen LogP contribution in [0.15, 0.2) is 73.1 Å². The molecule has 10 heteroatoms. The fraction of sp³-hybridized carbons (Fsp3) is 0.125. The predicted molar refractivity (Wildman–Crippen MR) is 123 cm³/mol. The van der Waals surface area contributed by atoms with Gasteiger partial charge in [0.15, 0.2) is 5.82 Å².